The normalized spacial score (nSPS) is 32.9. The van der Waals surface area contributed by atoms with Crippen molar-refractivity contribution in [1.82, 2.24) is 14.7 Å². The molecule has 0 radical (unpaired) electrons. The number of rotatable bonds is 8. The smallest absolute Gasteiger partial charge is 0.249 e. The fourth-order valence-corrected chi connectivity index (χ4v) is 6.69. The first-order valence-electron chi connectivity index (χ1n) is 13.4. The zero-order valence-corrected chi connectivity index (χ0v) is 21.7. The summed E-state index contributed by atoms with van der Waals surface area (Å²) in [6, 6.07) is 8.98. The molecule has 3 amide bonds. The minimum atomic E-state index is -1.21. The first kappa shape index (κ1) is 25.7. The zero-order valence-electron chi connectivity index (χ0n) is 21.7. The van der Waals surface area contributed by atoms with Crippen LogP contribution in [0.4, 0.5) is 0 Å². The monoisotopic (exact) mass is 507 g/mol. The molecule has 1 aromatic carbocycles. The van der Waals surface area contributed by atoms with Gasteiger partial charge in [0, 0.05) is 39.8 Å². The lowest BCUT2D eigenvalue weighted by atomic mass is 9.73. The number of hydrogen-bond acceptors (Lipinski definition) is 5. The summed E-state index contributed by atoms with van der Waals surface area (Å²) in [7, 11) is 1.75. The van der Waals surface area contributed by atoms with Gasteiger partial charge in [0.1, 0.15) is 11.6 Å². The lowest BCUT2D eigenvalue weighted by Gasteiger charge is -2.38. The van der Waals surface area contributed by atoms with Crippen LogP contribution in [0.25, 0.3) is 0 Å². The van der Waals surface area contributed by atoms with E-state index in [2.05, 4.69) is 0 Å². The highest BCUT2D eigenvalue weighted by Crippen LogP contribution is 2.58. The zero-order chi connectivity index (χ0) is 26.2. The average Bonchev–Trinajstić information content (AvgIpc) is 3.20. The van der Waals surface area contributed by atoms with Crippen molar-refractivity contribution in [3.8, 4) is 0 Å². The van der Waals surface area contributed by atoms with E-state index in [0.29, 0.717) is 45.4 Å². The summed E-state index contributed by atoms with van der Waals surface area (Å²) in [4.78, 5) is 47.3. The Morgan fingerprint density at radius 2 is 1.70 bits per heavy atom. The van der Waals surface area contributed by atoms with Crippen LogP contribution in [-0.2, 0) is 25.7 Å². The van der Waals surface area contributed by atoms with Gasteiger partial charge < -0.3 is 24.5 Å². The van der Waals surface area contributed by atoms with Gasteiger partial charge in [0.25, 0.3) is 0 Å². The molecule has 1 aromatic rings. The molecule has 0 bridgehead atoms. The highest BCUT2D eigenvalue weighted by molar-refractivity contribution is 6.00. The van der Waals surface area contributed by atoms with Gasteiger partial charge in [0.15, 0.2) is 0 Å². The quantitative estimate of drug-likeness (QED) is 0.430. The first-order chi connectivity index (χ1) is 17.9. The minimum absolute atomic E-state index is 0.0911. The second kappa shape index (κ2) is 10.1. The number of carbonyl (C=O) groups is 3. The Hall–Kier alpha value is -2.97. The maximum atomic E-state index is 14.3. The lowest BCUT2D eigenvalue weighted by molar-refractivity contribution is -0.154. The number of aliphatic hydroxyl groups is 1. The third kappa shape index (κ3) is 4.10. The molecular formula is C29H37N3O5. The van der Waals surface area contributed by atoms with E-state index in [-0.39, 0.29) is 24.3 Å². The molecule has 4 aliphatic rings. The van der Waals surface area contributed by atoms with Gasteiger partial charge >= 0.3 is 0 Å². The van der Waals surface area contributed by atoms with Gasteiger partial charge in [-0.25, -0.2) is 0 Å². The molecular weight excluding hydrogens is 470 g/mol. The molecule has 8 nitrogen and oxygen atoms in total. The van der Waals surface area contributed by atoms with Crippen LogP contribution in [0.2, 0.25) is 0 Å². The third-order valence-electron chi connectivity index (χ3n) is 8.50. The van der Waals surface area contributed by atoms with Gasteiger partial charge in [0.05, 0.1) is 17.4 Å². The van der Waals surface area contributed by atoms with Crippen molar-refractivity contribution >= 4 is 17.7 Å². The Morgan fingerprint density at radius 1 is 0.946 bits per heavy atom. The second-order valence-corrected chi connectivity index (χ2v) is 10.7. The Kier molecular flexibility index (Phi) is 6.98. The van der Waals surface area contributed by atoms with E-state index in [1.54, 1.807) is 21.7 Å². The highest BCUT2D eigenvalue weighted by Gasteiger charge is 2.75. The maximum Gasteiger partial charge on any atom is 0.249 e. The van der Waals surface area contributed by atoms with Gasteiger partial charge in [-0.05, 0) is 31.2 Å². The van der Waals surface area contributed by atoms with Crippen LogP contribution < -0.4 is 0 Å². The molecule has 1 unspecified atom stereocenters. The van der Waals surface area contributed by atoms with Crippen LogP contribution in [0, 0.1) is 11.8 Å². The summed E-state index contributed by atoms with van der Waals surface area (Å²) in [5.74, 6) is -1.93. The van der Waals surface area contributed by atoms with E-state index >= 15 is 0 Å². The maximum absolute atomic E-state index is 14.3. The van der Waals surface area contributed by atoms with E-state index < -0.39 is 29.1 Å². The predicted molar refractivity (Wildman–Crippen MR) is 138 cm³/mol. The van der Waals surface area contributed by atoms with Crippen molar-refractivity contribution < 1.29 is 24.2 Å². The fourth-order valence-electron chi connectivity index (χ4n) is 6.69. The summed E-state index contributed by atoms with van der Waals surface area (Å²) in [6.45, 7) is 3.75. The van der Waals surface area contributed by atoms with Crippen molar-refractivity contribution in [2.24, 2.45) is 11.8 Å². The SMILES string of the molecule is CC[C@]12C=CCN(C)C(=O)[C@H]1[C@H]1C(=O)N(CCCCCO)C3C(=O)N(Cc4ccccc4)CC=C[C@@]31O2. The molecule has 5 atom stereocenters. The average molecular weight is 508 g/mol. The number of hydrogen-bond donors (Lipinski definition) is 1. The van der Waals surface area contributed by atoms with E-state index in [4.69, 9.17) is 4.74 Å². The lowest BCUT2D eigenvalue weighted by Crippen LogP contribution is -2.56. The van der Waals surface area contributed by atoms with Crippen molar-refractivity contribution in [2.75, 3.05) is 33.3 Å². The highest BCUT2D eigenvalue weighted by atomic mass is 16.5. The van der Waals surface area contributed by atoms with Crippen LogP contribution in [-0.4, -0.2) is 88.1 Å². The fraction of sp³-hybridized carbons (Fsp3) is 0.552. The molecule has 0 saturated carbocycles. The number of amides is 3. The molecule has 5 rings (SSSR count). The van der Waals surface area contributed by atoms with Crippen molar-refractivity contribution in [1.29, 1.82) is 0 Å². The molecule has 198 valence electrons. The van der Waals surface area contributed by atoms with Crippen molar-refractivity contribution in [3.05, 3.63) is 60.2 Å². The third-order valence-corrected chi connectivity index (χ3v) is 8.50. The number of carbonyl (C=O) groups excluding carboxylic acids is 3. The van der Waals surface area contributed by atoms with Crippen LogP contribution in [0.15, 0.2) is 54.6 Å². The molecule has 1 spiro atoms. The van der Waals surface area contributed by atoms with Crippen LogP contribution >= 0.6 is 0 Å². The Morgan fingerprint density at radius 3 is 2.43 bits per heavy atom. The van der Waals surface area contributed by atoms with Crippen molar-refractivity contribution in [3.63, 3.8) is 0 Å². The second-order valence-electron chi connectivity index (χ2n) is 10.7. The Bertz CT molecular complexity index is 1100. The summed E-state index contributed by atoms with van der Waals surface area (Å²) < 4.78 is 6.92. The Labute approximate surface area is 218 Å². The largest absolute Gasteiger partial charge is 0.396 e. The molecule has 37 heavy (non-hydrogen) atoms. The molecule has 8 heteroatoms. The first-order valence-corrected chi connectivity index (χ1v) is 13.4. The van der Waals surface area contributed by atoms with E-state index in [0.717, 1.165) is 12.0 Å². The number of fused-ring (bicyclic) bond motifs is 2. The number of likely N-dealkylation sites (tertiary alicyclic amines) is 1. The van der Waals surface area contributed by atoms with Crippen LogP contribution in [0.3, 0.4) is 0 Å². The van der Waals surface area contributed by atoms with Crippen molar-refractivity contribution in [2.45, 2.75) is 56.4 Å². The molecule has 0 aliphatic carbocycles. The van der Waals surface area contributed by atoms with E-state index in [9.17, 15) is 19.5 Å². The molecule has 4 aliphatic heterocycles. The van der Waals surface area contributed by atoms with Crippen LogP contribution in [0.5, 0.6) is 0 Å². The van der Waals surface area contributed by atoms with Gasteiger partial charge in [-0.1, -0.05) is 61.6 Å². The van der Waals surface area contributed by atoms with Gasteiger partial charge in [-0.15, -0.1) is 0 Å². The molecule has 2 saturated heterocycles. The number of unbranched alkanes of at least 4 members (excludes halogenated alkanes) is 2. The predicted octanol–water partition coefficient (Wildman–Crippen LogP) is 2.14. The number of likely N-dealkylation sites (N-methyl/N-ethyl adjacent to an activating group) is 1. The van der Waals surface area contributed by atoms with E-state index in [1.165, 1.54) is 0 Å². The Balaban J connectivity index is 1.57. The van der Waals surface area contributed by atoms with Gasteiger partial charge in [0.2, 0.25) is 17.7 Å². The summed E-state index contributed by atoms with van der Waals surface area (Å²) >= 11 is 0. The molecule has 0 aromatic heterocycles. The molecule has 1 N–H and O–H groups in total. The topological polar surface area (TPSA) is 90.4 Å². The standard InChI is InChI=1S/C29H37N3O5/c1-3-28-14-10-16-30(2)25(34)22(28)23-26(35)32(18-8-5-9-19-33)24-27(36)31(17-11-15-29(23,24)37-28)20-21-12-6-4-7-13-21/h4,6-7,10-15,22-24,33H,3,5,8-9,16-20H2,1-2H3/t22-,23+,24?,28+,29+/m1/s1. The summed E-state index contributed by atoms with van der Waals surface area (Å²) in [5, 5.41) is 9.23. The molecule has 2 fully saturated rings. The van der Waals surface area contributed by atoms with Gasteiger partial charge in [-0.3, -0.25) is 14.4 Å². The minimum Gasteiger partial charge on any atom is -0.396 e. The van der Waals surface area contributed by atoms with Crippen LogP contribution in [0.1, 0.15) is 38.2 Å². The van der Waals surface area contributed by atoms with Gasteiger partial charge in [-0.2, -0.15) is 0 Å². The number of ether oxygens (including phenoxy) is 1. The number of benzene rings is 1. The van der Waals surface area contributed by atoms with E-state index in [1.807, 2.05) is 61.6 Å². The molecule has 4 heterocycles. The number of aliphatic hydroxyl groups excluding tert-OH is 1. The summed E-state index contributed by atoms with van der Waals surface area (Å²) in [6.07, 6.45) is 10.3. The summed E-state index contributed by atoms with van der Waals surface area (Å²) in [5.41, 5.74) is -1.14. The number of nitrogens with zero attached hydrogens (tertiary/aromatic N) is 3.